The minimum absolute atomic E-state index is 0.258. The molecule has 2 aromatic rings. The Morgan fingerprint density at radius 3 is 2.24 bits per heavy atom. The summed E-state index contributed by atoms with van der Waals surface area (Å²) in [7, 11) is -3.79. The van der Waals surface area contributed by atoms with Gasteiger partial charge in [-0.25, -0.2) is 8.42 Å². The average Bonchev–Trinajstić information content (AvgIpc) is 2.72. The lowest BCUT2D eigenvalue weighted by atomic mass is 10.1. The molecular weight excluding hydrogens is 474 g/mol. The van der Waals surface area contributed by atoms with E-state index in [-0.39, 0.29) is 12.5 Å². The summed E-state index contributed by atoms with van der Waals surface area (Å²) in [4.78, 5) is 27.8. The summed E-state index contributed by atoms with van der Waals surface area (Å²) in [5.74, 6) is -0.784. The number of amides is 2. The first-order valence-electron chi connectivity index (χ1n) is 11.1. The maximum atomic E-state index is 13.5. The third-order valence-electron chi connectivity index (χ3n) is 5.27. The summed E-state index contributed by atoms with van der Waals surface area (Å²) in [5.41, 5.74) is 1.62. The number of sulfonamides is 1. The van der Waals surface area contributed by atoms with Crippen LogP contribution < -0.4 is 9.62 Å². The van der Waals surface area contributed by atoms with Crippen molar-refractivity contribution in [2.24, 2.45) is 0 Å². The van der Waals surface area contributed by atoms with Crippen molar-refractivity contribution in [2.45, 2.75) is 52.6 Å². The van der Waals surface area contributed by atoms with Crippen LogP contribution in [0.3, 0.4) is 0 Å². The number of nitrogens with zero attached hydrogens (tertiary/aromatic N) is 2. The summed E-state index contributed by atoms with van der Waals surface area (Å²) < 4.78 is 26.2. The topological polar surface area (TPSA) is 86.8 Å². The van der Waals surface area contributed by atoms with Gasteiger partial charge in [-0.1, -0.05) is 48.0 Å². The van der Waals surface area contributed by atoms with Gasteiger partial charge in [0.15, 0.2) is 0 Å². The minimum Gasteiger partial charge on any atom is -0.350 e. The first kappa shape index (κ1) is 27.7. The zero-order chi connectivity index (χ0) is 25.7. The molecule has 0 heterocycles. The smallest absolute Gasteiger partial charge is 0.244 e. The molecule has 2 rings (SSSR count). The van der Waals surface area contributed by atoms with E-state index in [4.69, 9.17) is 11.6 Å². The van der Waals surface area contributed by atoms with Crippen molar-refractivity contribution < 1.29 is 18.0 Å². The van der Waals surface area contributed by atoms with Gasteiger partial charge in [0.1, 0.15) is 12.6 Å². The Morgan fingerprint density at radius 2 is 1.71 bits per heavy atom. The lowest BCUT2D eigenvalue weighted by molar-refractivity contribution is -0.139. The van der Waals surface area contributed by atoms with Crippen molar-refractivity contribution >= 4 is 39.1 Å². The van der Waals surface area contributed by atoms with Crippen LogP contribution in [0.2, 0.25) is 5.02 Å². The third-order valence-corrected chi connectivity index (χ3v) is 6.82. The highest BCUT2D eigenvalue weighted by Crippen LogP contribution is 2.25. The molecule has 0 aliphatic heterocycles. The summed E-state index contributed by atoms with van der Waals surface area (Å²) in [6.07, 6.45) is 1.56. The average molecular weight is 508 g/mol. The lowest BCUT2D eigenvalue weighted by Gasteiger charge is -2.33. The molecule has 0 fully saturated rings. The molecule has 0 spiro atoms. The van der Waals surface area contributed by atoms with Gasteiger partial charge in [0.25, 0.3) is 0 Å². The predicted molar refractivity (Wildman–Crippen MR) is 138 cm³/mol. The molecule has 1 N–H and O–H groups in total. The first-order chi connectivity index (χ1) is 15.7. The number of carbonyl (C=O) groups is 2. The summed E-state index contributed by atoms with van der Waals surface area (Å²) in [6.45, 7) is 8.86. The highest BCUT2D eigenvalue weighted by molar-refractivity contribution is 7.92. The van der Waals surface area contributed by atoms with E-state index < -0.39 is 34.1 Å². The van der Waals surface area contributed by atoms with Crippen molar-refractivity contribution in [1.29, 1.82) is 0 Å². The van der Waals surface area contributed by atoms with Crippen LogP contribution in [0.4, 0.5) is 5.69 Å². The van der Waals surface area contributed by atoms with E-state index in [1.165, 1.54) is 11.0 Å². The number of nitrogens with one attached hydrogen (secondary N) is 1. The molecule has 0 unspecified atom stereocenters. The Morgan fingerprint density at radius 1 is 1.09 bits per heavy atom. The van der Waals surface area contributed by atoms with Gasteiger partial charge >= 0.3 is 0 Å². The minimum atomic E-state index is -3.79. The van der Waals surface area contributed by atoms with Crippen LogP contribution in [0, 0.1) is 6.92 Å². The van der Waals surface area contributed by atoms with Crippen LogP contribution in [0.25, 0.3) is 0 Å². The molecule has 2 aromatic carbocycles. The van der Waals surface area contributed by atoms with Gasteiger partial charge in [0.2, 0.25) is 21.8 Å². The second-order valence-electron chi connectivity index (χ2n) is 9.44. The SMILES string of the molecule is Cc1ccc(N(CC(=O)N(CCc2ccccc2)[C@@H](C)C(=O)NC(C)(C)C)S(C)(=O)=O)cc1Cl. The number of hydrogen-bond acceptors (Lipinski definition) is 4. The molecule has 7 nitrogen and oxygen atoms in total. The zero-order valence-electron chi connectivity index (χ0n) is 20.6. The lowest BCUT2D eigenvalue weighted by Crippen LogP contribution is -2.55. The van der Waals surface area contributed by atoms with Crippen LogP contribution in [0.5, 0.6) is 0 Å². The van der Waals surface area contributed by atoms with Gasteiger partial charge in [0.05, 0.1) is 11.9 Å². The highest BCUT2D eigenvalue weighted by atomic mass is 35.5. The van der Waals surface area contributed by atoms with Gasteiger partial charge in [-0.3, -0.25) is 13.9 Å². The van der Waals surface area contributed by atoms with Crippen molar-refractivity contribution in [1.82, 2.24) is 10.2 Å². The van der Waals surface area contributed by atoms with Crippen molar-refractivity contribution in [2.75, 3.05) is 23.7 Å². The molecule has 2 amide bonds. The number of rotatable bonds is 9. The number of anilines is 1. The van der Waals surface area contributed by atoms with Crippen molar-refractivity contribution in [3.8, 4) is 0 Å². The predicted octanol–water partition coefficient (Wildman–Crippen LogP) is 3.79. The molecule has 0 aliphatic carbocycles. The Balaban J connectivity index is 2.34. The van der Waals surface area contributed by atoms with Crippen LogP contribution in [0.15, 0.2) is 48.5 Å². The standard InChI is InChI=1S/C25H34ClN3O4S/c1-18-12-13-21(16-22(18)26)29(34(6,32)33)17-23(30)28(15-14-20-10-8-7-9-11-20)19(2)24(31)27-25(3,4)5/h7-13,16,19H,14-15,17H2,1-6H3,(H,27,31)/t19-/m0/s1. The largest absolute Gasteiger partial charge is 0.350 e. The normalized spacial score (nSPS) is 12.7. The van der Waals surface area contributed by atoms with Crippen LogP contribution in [0.1, 0.15) is 38.8 Å². The van der Waals surface area contributed by atoms with Gasteiger partial charge in [-0.2, -0.15) is 0 Å². The van der Waals surface area contributed by atoms with E-state index in [1.807, 2.05) is 58.0 Å². The molecule has 0 bridgehead atoms. The van der Waals surface area contributed by atoms with E-state index in [0.29, 0.717) is 17.1 Å². The third kappa shape index (κ3) is 8.02. The van der Waals surface area contributed by atoms with Crippen molar-refractivity contribution in [3.63, 3.8) is 0 Å². The molecule has 34 heavy (non-hydrogen) atoms. The quantitative estimate of drug-likeness (QED) is 0.559. The fraction of sp³-hybridized carbons (Fsp3) is 0.440. The molecule has 0 aliphatic rings. The number of aryl methyl sites for hydroxylation is 1. The second-order valence-corrected chi connectivity index (χ2v) is 11.8. The first-order valence-corrected chi connectivity index (χ1v) is 13.3. The highest BCUT2D eigenvalue weighted by Gasteiger charge is 2.31. The molecular formula is C25H34ClN3O4S. The van der Waals surface area contributed by atoms with E-state index in [2.05, 4.69) is 5.32 Å². The maximum absolute atomic E-state index is 13.5. The number of benzene rings is 2. The van der Waals surface area contributed by atoms with Gasteiger partial charge < -0.3 is 10.2 Å². The van der Waals surface area contributed by atoms with E-state index in [1.54, 1.807) is 19.1 Å². The number of halogens is 1. The fourth-order valence-electron chi connectivity index (χ4n) is 3.39. The number of carbonyl (C=O) groups excluding carboxylic acids is 2. The second kappa shape index (κ2) is 11.2. The summed E-state index contributed by atoms with van der Waals surface area (Å²) >= 11 is 6.21. The summed E-state index contributed by atoms with van der Waals surface area (Å²) in [5, 5.41) is 3.30. The van der Waals surface area contributed by atoms with Gasteiger partial charge in [-0.05, 0) is 64.3 Å². The Kier molecular flexibility index (Phi) is 9.14. The van der Waals surface area contributed by atoms with E-state index >= 15 is 0 Å². The molecule has 1 atom stereocenters. The van der Waals surface area contributed by atoms with E-state index in [9.17, 15) is 18.0 Å². The molecule has 186 valence electrons. The van der Waals surface area contributed by atoms with Crippen molar-refractivity contribution in [3.05, 3.63) is 64.7 Å². The molecule has 0 radical (unpaired) electrons. The van der Waals surface area contributed by atoms with Crippen LogP contribution in [-0.4, -0.2) is 56.1 Å². The number of hydrogen-bond donors (Lipinski definition) is 1. The molecule has 9 heteroatoms. The van der Waals surface area contributed by atoms with Gasteiger partial charge in [0, 0.05) is 17.1 Å². The molecule has 0 aromatic heterocycles. The summed E-state index contributed by atoms with van der Waals surface area (Å²) in [6, 6.07) is 13.6. The van der Waals surface area contributed by atoms with Crippen LogP contribution >= 0.6 is 11.6 Å². The Hall–Kier alpha value is -2.58. The Bertz CT molecular complexity index is 1110. The fourth-order valence-corrected chi connectivity index (χ4v) is 4.41. The van der Waals surface area contributed by atoms with Crippen LogP contribution in [-0.2, 0) is 26.0 Å². The maximum Gasteiger partial charge on any atom is 0.244 e. The molecule has 0 saturated carbocycles. The van der Waals surface area contributed by atoms with Gasteiger partial charge in [-0.15, -0.1) is 0 Å². The monoisotopic (exact) mass is 507 g/mol. The zero-order valence-corrected chi connectivity index (χ0v) is 22.2. The molecule has 0 saturated heterocycles. The van der Waals surface area contributed by atoms with E-state index in [0.717, 1.165) is 21.7 Å². The Labute approximate surface area is 208 Å².